The Hall–Kier alpha value is -0.650. The molecule has 0 aromatic heterocycles. The fraction of sp³-hybridized carbons (Fsp3) is 0.941. The van der Waals surface area contributed by atoms with Gasteiger partial charge in [0.25, 0.3) is 5.91 Å². The summed E-state index contributed by atoms with van der Waals surface area (Å²) in [6.07, 6.45) is 2.59. The van der Waals surface area contributed by atoms with Crippen molar-refractivity contribution in [2.75, 3.05) is 39.8 Å². The van der Waals surface area contributed by atoms with E-state index < -0.39 is 5.60 Å². The van der Waals surface area contributed by atoms with Crippen LogP contribution in [0, 0.1) is 5.92 Å². The predicted octanol–water partition coefficient (Wildman–Crippen LogP) is 1.63. The Kier molecular flexibility index (Phi) is 8.36. The standard InChI is InChI=1S/C17H35N3O2/c1-6-20(7-2)15(12-14(3)4)13-19-16(21)17(22-5)8-10-18-11-9-17/h14-15,18H,6-13H2,1-5H3,(H,19,21). The highest BCUT2D eigenvalue weighted by Gasteiger charge is 2.39. The third-order valence-corrected chi connectivity index (χ3v) is 4.79. The molecule has 1 rings (SSSR count). The molecule has 1 aliphatic heterocycles. The maximum Gasteiger partial charge on any atom is 0.252 e. The Labute approximate surface area is 136 Å². The molecule has 130 valence electrons. The summed E-state index contributed by atoms with van der Waals surface area (Å²) in [4.78, 5) is 15.1. The van der Waals surface area contributed by atoms with Crippen molar-refractivity contribution in [2.45, 2.75) is 58.6 Å². The van der Waals surface area contributed by atoms with Gasteiger partial charge >= 0.3 is 0 Å². The average molecular weight is 313 g/mol. The molecule has 1 atom stereocenters. The van der Waals surface area contributed by atoms with Crippen molar-refractivity contribution in [1.29, 1.82) is 0 Å². The van der Waals surface area contributed by atoms with E-state index in [0.717, 1.165) is 45.4 Å². The molecule has 1 aliphatic rings. The van der Waals surface area contributed by atoms with Crippen LogP contribution in [-0.2, 0) is 9.53 Å². The first-order valence-electron chi connectivity index (χ1n) is 8.77. The van der Waals surface area contributed by atoms with Crippen LogP contribution in [0.2, 0.25) is 0 Å². The molecule has 1 fully saturated rings. The number of hydrogen-bond acceptors (Lipinski definition) is 4. The summed E-state index contributed by atoms with van der Waals surface area (Å²) in [5.41, 5.74) is -0.642. The average Bonchev–Trinajstić information content (AvgIpc) is 2.53. The summed E-state index contributed by atoms with van der Waals surface area (Å²) in [7, 11) is 1.65. The number of likely N-dealkylation sites (N-methyl/N-ethyl adjacent to an activating group) is 1. The van der Waals surface area contributed by atoms with Crippen molar-refractivity contribution in [3.8, 4) is 0 Å². The highest BCUT2D eigenvalue weighted by Crippen LogP contribution is 2.22. The lowest BCUT2D eigenvalue weighted by atomic mass is 9.91. The van der Waals surface area contributed by atoms with E-state index in [1.807, 2.05) is 0 Å². The maximum absolute atomic E-state index is 12.7. The summed E-state index contributed by atoms with van der Waals surface area (Å²) >= 11 is 0. The summed E-state index contributed by atoms with van der Waals surface area (Å²) in [5.74, 6) is 0.676. The molecule has 5 nitrogen and oxygen atoms in total. The molecule has 0 aromatic rings. The molecular weight excluding hydrogens is 278 g/mol. The zero-order chi connectivity index (χ0) is 16.6. The summed E-state index contributed by atoms with van der Waals surface area (Å²) in [6.45, 7) is 13.3. The van der Waals surface area contributed by atoms with Crippen LogP contribution in [0.15, 0.2) is 0 Å². The van der Waals surface area contributed by atoms with Gasteiger partial charge in [-0.25, -0.2) is 0 Å². The van der Waals surface area contributed by atoms with Crippen molar-refractivity contribution in [3.63, 3.8) is 0 Å². The zero-order valence-electron chi connectivity index (χ0n) is 15.1. The minimum Gasteiger partial charge on any atom is -0.368 e. The van der Waals surface area contributed by atoms with Crippen molar-refractivity contribution in [1.82, 2.24) is 15.5 Å². The topological polar surface area (TPSA) is 53.6 Å². The van der Waals surface area contributed by atoms with Gasteiger partial charge in [0.2, 0.25) is 0 Å². The van der Waals surface area contributed by atoms with E-state index in [9.17, 15) is 4.79 Å². The molecule has 0 radical (unpaired) electrons. The quantitative estimate of drug-likeness (QED) is 0.679. The number of carbonyl (C=O) groups excluding carboxylic acids is 1. The summed E-state index contributed by atoms with van der Waals surface area (Å²) < 4.78 is 5.60. The van der Waals surface area contributed by atoms with Crippen LogP contribution in [-0.4, -0.2) is 62.3 Å². The number of nitrogens with zero attached hydrogens (tertiary/aromatic N) is 1. The highest BCUT2D eigenvalue weighted by atomic mass is 16.5. The van der Waals surface area contributed by atoms with Crippen LogP contribution in [0.3, 0.4) is 0 Å². The van der Waals surface area contributed by atoms with Crippen molar-refractivity contribution in [3.05, 3.63) is 0 Å². The molecule has 0 bridgehead atoms. The van der Waals surface area contributed by atoms with E-state index in [4.69, 9.17) is 4.74 Å². The Balaban J connectivity index is 2.63. The molecule has 5 heteroatoms. The molecule has 1 saturated heterocycles. The smallest absolute Gasteiger partial charge is 0.252 e. The molecule has 1 heterocycles. The lowest BCUT2D eigenvalue weighted by Gasteiger charge is -2.36. The van der Waals surface area contributed by atoms with Gasteiger partial charge in [-0.05, 0) is 51.4 Å². The number of hydrogen-bond donors (Lipinski definition) is 2. The first-order valence-corrected chi connectivity index (χ1v) is 8.77. The van der Waals surface area contributed by atoms with Gasteiger partial charge in [0, 0.05) is 19.7 Å². The Morgan fingerprint density at radius 3 is 2.32 bits per heavy atom. The number of ether oxygens (including phenoxy) is 1. The lowest BCUT2D eigenvalue weighted by molar-refractivity contribution is -0.147. The van der Waals surface area contributed by atoms with Crippen molar-refractivity contribution in [2.24, 2.45) is 5.92 Å². The second-order valence-corrected chi connectivity index (χ2v) is 6.66. The van der Waals surface area contributed by atoms with Gasteiger partial charge in [0.15, 0.2) is 0 Å². The van der Waals surface area contributed by atoms with Crippen LogP contribution in [0.1, 0.15) is 47.0 Å². The molecule has 1 amide bonds. The first-order chi connectivity index (χ1) is 10.5. The summed E-state index contributed by atoms with van der Waals surface area (Å²) in [6, 6.07) is 0.398. The van der Waals surface area contributed by atoms with Gasteiger partial charge in [-0.15, -0.1) is 0 Å². The van der Waals surface area contributed by atoms with E-state index in [0.29, 0.717) is 18.5 Å². The minimum absolute atomic E-state index is 0.0532. The van der Waals surface area contributed by atoms with E-state index in [1.165, 1.54) is 0 Å². The van der Waals surface area contributed by atoms with Gasteiger partial charge in [0.05, 0.1) is 0 Å². The molecule has 0 aromatic carbocycles. The maximum atomic E-state index is 12.7. The molecule has 0 spiro atoms. The lowest BCUT2D eigenvalue weighted by Crippen LogP contribution is -2.56. The highest BCUT2D eigenvalue weighted by molar-refractivity contribution is 5.85. The van der Waals surface area contributed by atoms with Crippen molar-refractivity contribution < 1.29 is 9.53 Å². The molecule has 1 unspecified atom stereocenters. The van der Waals surface area contributed by atoms with Crippen molar-refractivity contribution >= 4 is 5.91 Å². The van der Waals surface area contributed by atoms with Gasteiger partial charge in [-0.1, -0.05) is 27.7 Å². The van der Waals surface area contributed by atoms with Crippen LogP contribution >= 0.6 is 0 Å². The fourth-order valence-electron chi connectivity index (χ4n) is 3.37. The number of nitrogens with one attached hydrogen (secondary N) is 2. The van der Waals surface area contributed by atoms with Gasteiger partial charge in [-0.3, -0.25) is 9.69 Å². The SMILES string of the molecule is CCN(CC)C(CNC(=O)C1(OC)CCNCC1)CC(C)C. The molecule has 22 heavy (non-hydrogen) atoms. The van der Waals surface area contributed by atoms with Gasteiger partial charge < -0.3 is 15.4 Å². The number of piperidine rings is 1. The van der Waals surface area contributed by atoms with Gasteiger partial charge in [0.1, 0.15) is 5.60 Å². The Morgan fingerprint density at radius 1 is 1.27 bits per heavy atom. The molecular formula is C17H35N3O2. The predicted molar refractivity (Wildman–Crippen MR) is 91.0 cm³/mol. The third kappa shape index (κ3) is 5.21. The molecule has 0 aliphatic carbocycles. The van der Waals surface area contributed by atoms with Crippen LogP contribution in [0.4, 0.5) is 0 Å². The largest absolute Gasteiger partial charge is 0.368 e. The first kappa shape index (κ1) is 19.4. The van der Waals surface area contributed by atoms with Gasteiger partial charge in [-0.2, -0.15) is 0 Å². The minimum atomic E-state index is -0.642. The zero-order valence-corrected chi connectivity index (χ0v) is 15.1. The normalized spacial score (nSPS) is 19.4. The Morgan fingerprint density at radius 2 is 1.86 bits per heavy atom. The van der Waals surface area contributed by atoms with E-state index >= 15 is 0 Å². The van der Waals surface area contributed by atoms with Crippen LogP contribution in [0.25, 0.3) is 0 Å². The molecule has 2 N–H and O–H groups in total. The van der Waals surface area contributed by atoms with E-state index in [-0.39, 0.29) is 5.91 Å². The fourth-order valence-corrected chi connectivity index (χ4v) is 3.37. The Bertz CT molecular complexity index is 324. The van der Waals surface area contributed by atoms with E-state index in [1.54, 1.807) is 7.11 Å². The second-order valence-electron chi connectivity index (χ2n) is 6.66. The monoisotopic (exact) mass is 313 g/mol. The van der Waals surface area contributed by atoms with Crippen LogP contribution < -0.4 is 10.6 Å². The number of amides is 1. The number of rotatable bonds is 9. The molecule has 0 saturated carbocycles. The second kappa shape index (κ2) is 9.48. The van der Waals surface area contributed by atoms with Crippen LogP contribution in [0.5, 0.6) is 0 Å². The third-order valence-electron chi connectivity index (χ3n) is 4.79. The summed E-state index contributed by atoms with van der Waals surface area (Å²) in [5, 5.41) is 6.45. The number of carbonyl (C=O) groups is 1. The van der Waals surface area contributed by atoms with E-state index in [2.05, 4.69) is 43.2 Å². The number of methoxy groups -OCH3 is 1.